The van der Waals surface area contributed by atoms with Crippen LogP contribution in [0.15, 0.2) is 11.6 Å². The lowest BCUT2D eigenvalue weighted by Gasteiger charge is -2.37. The summed E-state index contributed by atoms with van der Waals surface area (Å²) in [6, 6.07) is 1.47. The fraction of sp³-hybridized carbons (Fsp3) is 0.824. The van der Waals surface area contributed by atoms with Gasteiger partial charge in [0, 0.05) is 43.3 Å². The first-order valence-electron chi connectivity index (χ1n) is 8.76. The van der Waals surface area contributed by atoms with Crippen LogP contribution in [-0.4, -0.2) is 55.7 Å². The first kappa shape index (κ1) is 16.2. The number of hydrogen-bond acceptors (Lipinski definition) is 5. The van der Waals surface area contributed by atoms with Gasteiger partial charge in [0.25, 0.3) is 0 Å². The van der Waals surface area contributed by atoms with Crippen LogP contribution in [0.2, 0.25) is 0 Å². The molecule has 3 rings (SSSR count). The minimum absolute atomic E-state index is 0.714. The van der Waals surface area contributed by atoms with E-state index in [1.807, 2.05) is 6.20 Å². The highest BCUT2D eigenvalue weighted by atomic mass is 32.1. The van der Waals surface area contributed by atoms with E-state index in [4.69, 9.17) is 0 Å². The summed E-state index contributed by atoms with van der Waals surface area (Å²) in [6.45, 7) is 3.57. The van der Waals surface area contributed by atoms with Crippen molar-refractivity contribution in [2.75, 3.05) is 38.6 Å². The largest absolute Gasteiger partial charge is 0.348 e. The molecule has 5 heteroatoms. The third-order valence-corrected chi connectivity index (χ3v) is 5.96. The van der Waals surface area contributed by atoms with Gasteiger partial charge in [-0.15, -0.1) is 11.3 Å². The fourth-order valence-corrected chi connectivity index (χ4v) is 4.67. The average Bonchev–Trinajstić information content (AvgIpc) is 3.04. The van der Waals surface area contributed by atoms with E-state index in [1.165, 1.54) is 50.2 Å². The monoisotopic (exact) mass is 322 g/mol. The van der Waals surface area contributed by atoms with Gasteiger partial charge in [0.2, 0.25) is 0 Å². The Bertz CT molecular complexity index is 418. The van der Waals surface area contributed by atoms with Gasteiger partial charge in [0.15, 0.2) is 5.13 Å². The molecular formula is C17H30N4S. The molecule has 1 N–H and O–H groups in total. The molecule has 22 heavy (non-hydrogen) atoms. The van der Waals surface area contributed by atoms with Crippen LogP contribution in [-0.2, 0) is 0 Å². The number of nitrogens with one attached hydrogen (secondary N) is 1. The molecule has 4 nitrogen and oxygen atoms in total. The summed E-state index contributed by atoms with van der Waals surface area (Å²) in [5.74, 6) is 0.916. The third-order valence-electron chi connectivity index (χ3n) is 5.13. The van der Waals surface area contributed by atoms with Crippen molar-refractivity contribution in [3.63, 3.8) is 0 Å². The summed E-state index contributed by atoms with van der Waals surface area (Å²) in [6.07, 6.45) is 9.96. The summed E-state index contributed by atoms with van der Waals surface area (Å²) < 4.78 is 0. The van der Waals surface area contributed by atoms with Gasteiger partial charge in [-0.3, -0.25) is 0 Å². The molecule has 0 bridgehead atoms. The Labute approximate surface area is 138 Å². The second-order valence-electron chi connectivity index (χ2n) is 7.22. The molecule has 1 saturated carbocycles. The highest BCUT2D eigenvalue weighted by molar-refractivity contribution is 7.13. The minimum atomic E-state index is 0.714. The second kappa shape index (κ2) is 7.75. The van der Waals surface area contributed by atoms with Crippen LogP contribution in [0, 0.1) is 5.92 Å². The molecule has 0 aromatic carbocycles. The fourth-order valence-electron chi connectivity index (χ4n) is 3.97. The molecule has 1 aliphatic carbocycles. The molecule has 0 atom stereocenters. The number of piperidine rings is 1. The highest BCUT2D eigenvalue weighted by Crippen LogP contribution is 2.27. The van der Waals surface area contributed by atoms with Crippen LogP contribution in [0.4, 0.5) is 5.13 Å². The van der Waals surface area contributed by atoms with E-state index in [2.05, 4.69) is 39.6 Å². The zero-order valence-corrected chi connectivity index (χ0v) is 14.8. The topological polar surface area (TPSA) is 31.4 Å². The van der Waals surface area contributed by atoms with Gasteiger partial charge < -0.3 is 15.1 Å². The lowest BCUT2D eigenvalue weighted by Crippen LogP contribution is -2.47. The van der Waals surface area contributed by atoms with Crippen molar-refractivity contribution in [3.8, 4) is 0 Å². The van der Waals surface area contributed by atoms with E-state index in [0.29, 0.717) is 6.04 Å². The van der Waals surface area contributed by atoms with Gasteiger partial charge in [-0.2, -0.15) is 0 Å². The molecule has 2 fully saturated rings. The lowest BCUT2D eigenvalue weighted by molar-refractivity contribution is 0.220. The van der Waals surface area contributed by atoms with Crippen molar-refractivity contribution >= 4 is 16.5 Å². The molecule has 0 radical (unpaired) electrons. The Morgan fingerprint density at radius 2 is 1.82 bits per heavy atom. The maximum atomic E-state index is 4.43. The molecule has 1 saturated heterocycles. The predicted octanol–water partition coefficient (Wildman–Crippen LogP) is 2.82. The Balaban J connectivity index is 1.37. The van der Waals surface area contributed by atoms with Crippen LogP contribution in [0.1, 0.15) is 38.5 Å². The number of nitrogens with zero attached hydrogens (tertiary/aromatic N) is 3. The van der Waals surface area contributed by atoms with E-state index < -0.39 is 0 Å². The van der Waals surface area contributed by atoms with Crippen molar-refractivity contribution in [1.82, 2.24) is 15.2 Å². The van der Waals surface area contributed by atoms with Gasteiger partial charge >= 0.3 is 0 Å². The summed E-state index contributed by atoms with van der Waals surface area (Å²) in [5, 5.41) is 7.21. The molecule has 0 amide bonds. The smallest absolute Gasteiger partial charge is 0.185 e. The van der Waals surface area contributed by atoms with Gasteiger partial charge in [-0.1, -0.05) is 0 Å². The van der Waals surface area contributed by atoms with E-state index in [1.54, 1.807) is 11.3 Å². The number of aromatic nitrogens is 1. The molecule has 0 unspecified atom stereocenters. The Morgan fingerprint density at radius 3 is 2.41 bits per heavy atom. The summed E-state index contributed by atoms with van der Waals surface area (Å²) >= 11 is 1.76. The van der Waals surface area contributed by atoms with Crippen molar-refractivity contribution in [2.24, 2.45) is 5.92 Å². The number of anilines is 1. The van der Waals surface area contributed by atoms with Crippen LogP contribution in [0.3, 0.4) is 0 Å². The van der Waals surface area contributed by atoms with Gasteiger partial charge in [-0.05, 0) is 58.5 Å². The molecule has 1 aromatic rings. The number of rotatable bonds is 5. The maximum Gasteiger partial charge on any atom is 0.185 e. The summed E-state index contributed by atoms with van der Waals surface area (Å²) in [4.78, 5) is 9.21. The van der Waals surface area contributed by atoms with E-state index in [-0.39, 0.29) is 0 Å². The summed E-state index contributed by atoms with van der Waals surface area (Å²) in [7, 11) is 4.39. The lowest BCUT2D eigenvalue weighted by atomic mass is 9.85. The van der Waals surface area contributed by atoms with Crippen molar-refractivity contribution in [1.29, 1.82) is 0 Å². The molecule has 1 aromatic heterocycles. The molecule has 124 valence electrons. The second-order valence-corrected chi connectivity index (χ2v) is 8.10. The van der Waals surface area contributed by atoms with E-state index in [0.717, 1.165) is 25.0 Å². The first-order valence-corrected chi connectivity index (χ1v) is 9.64. The Hall–Kier alpha value is -0.650. The van der Waals surface area contributed by atoms with Gasteiger partial charge in [0.05, 0.1) is 0 Å². The number of hydrogen-bond donors (Lipinski definition) is 1. The van der Waals surface area contributed by atoms with Crippen LogP contribution >= 0.6 is 11.3 Å². The summed E-state index contributed by atoms with van der Waals surface area (Å²) in [5.41, 5.74) is 0. The average molecular weight is 323 g/mol. The third kappa shape index (κ3) is 4.43. The first-order chi connectivity index (χ1) is 10.7. The van der Waals surface area contributed by atoms with E-state index >= 15 is 0 Å². The van der Waals surface area contributed by atoms with Gasteiger partial charge in [0.1, 0.15) is 0 Å². The Kier molecular flexibility index (Phi) is 5.71. The van der Waals surface area contributed by atoms with Crippen LogP contribution in [0.25, 0.3) is 0 Å². The highest BCUT2D eigenvalue weighted by Gasteiger charge is 2.26. The molecule has 2 heterocycles. The number of thiazole rings is 1. The quantitative estimate of drug-likeness (QED) is 0.903. The standard InChI is InChI=1S/C17H30N4S/c1-20(2)13-14-3-5-15(6-4-14)19-16-7-10-21(11-8-16)17-18-9-12-22-17/h9,12,14-16,19H,3-8,10-11,13H2,1-2H3. The Morgan fingerprint density at radius 1 is 1.14 bits per heavy atom. The van der Waals surface area contributed by atoms with Crippen molar-refractivity contribution in [2.45, 2.75) is 50.6 Å². The normalized spacial score (nSPS) is 27.5. The zero-order valence-electron chi connectivity index (χ0n) is 14.0. The molecular weight excluding hydrogens is 292 g/mol. The van der Waals surface area contributed by atoms with Crippen molar-refractivity contribution < 1.29 is 0 Å². The molecule has 0 spiro atoms. The van der Waals surface area contributed by atoms with Crippen LogP contribution < -0.4 is 10.2 Å². The molecule has 1 aliphatic heterocycles. The molecule has 2 aliphatic rings. The zero-order chi connectivity index (χ0) is 15.4. The van der Waals surface area contributed by atoms with E-state index in [9.17, 15) is 0 Å². The van der Waals surface area contributed by atoms with Crippen molar-refractivity contribution in [3.05, 3.63) is 11.6 Å². The SMILES string of the molecule is CN(C)CC1CCC(NC2CCN(c3nccs3)CC2)CC1. The minimum Gasteiger partial charge on any atom is -0.348 e. The van der Waals surface area contributed by atoms with Crippen LogP contribution in [0.5, 0.6) is 0 Å². The predicted molar refractivity (Wildman–Crippen MR) is 94.8 cm³/mol. The maximum absolute atomic E-state index is 4.43. The van der Waals surface area contributed by atoms with Gasteiger partial charge in [-0.25, -0.2) is 4.98 Å².